The van der Waals surface area contributed by atoms with Crippen molar-refractivity contribution in [3.63, 3.8) is 0 Å². The van der Waals surface area contributed by atoms with E-state index in [1.54, 1.807) is 23.1 Å². The fourth-order valence-corrected chi connectivity index (χ4v) is 5.19. The van der Waals surface area contributed by atoms with Gasteiger partial charge in [-0.25, -0.2) is 4.98 Å². The van der Waals surface area contributed by atoms with Crippen LogP contribution < -0.4 is 5.32 Å². The summed E-state index contributed by atoms with van der Waals surface area (Å²) >= 11 is 3.25. The number of carbonyl (C=O) groups excluding carboxylic acids is 1. The van der Waals surface area contributed by atoms with Gasteiger partial charge in [0.15, 0.2) is 0 Å². The van der Waals surface area contributed by atoms with Gasteiger partial charge in [0, 0.05) is 29.1 Å². The molecule has 150 valence electrons. The third-order valence-electron chi connectivity index (χ3n) is 5.14. The summed E-state index contributed by atoms with van der Waals surface area (Å²) in [5.41, 5.74) is 6.12. The highest BCUT2D eigenvalue weighted by atomic mass is 32.2. The molecule has 0 aliphatic carbocycles. The summed E-state index contributed by atoms with van der Waals surface area (Å²) in [5.74, 6) is 0.745. The van der Waals surface area contributed by atoms with E-state index in [0.717, 1.165) is 28.5 Å². The molecule has 6 heteroatoms. The monoisotopic (exact) mass is 423 g/mol. The highest BCUT2D eigenvalue weighted by molar-refractivity contribution is 7.98. The second kappa shape index (κ2) is 10.1. The van der Waals surface area contributed by atoms with Crippen molar-refractivity contribution in [1.82, 2.24) is 15.2 Å². The van der Waals surface area contributed by atoms with Crippen molar-refractivity contribution in [3.8, 4) is 0 Å². The smallest absolute Gasteiger partial charge is 0.252 e. The molecule has 1 aliphatic heterocycles. The van der Waals surface area contributed by atoms with Crippen LogP contribution in [0.4, 0.5) is 0 Å². The van der Waals surface area contributed by atoms with E-state index >= 15 is 0 Å². The highest BCUT2D eigenvalue weighted by Gasteiger charge is 2.15. The van der Waals surface area contributed by atoms with Crippen LogP contribution in [0.5, 0.6) is 0 Å². The molecule has 2 aromatic carbocycles. The van der Waals surface area contributed by atoms with E-state index in [4.69, 9.17) is 0 Å². The topological polar surface area (TPSA) is 45.2 Å². The first-order valence-electron chi connectivity index (χ1n) is 9.96. The number of thiazole rings is 1. The molecule has 29 heavy (non-hydrogen) atoms. The van der Waals surface area contributed by atoms with Crippen molar-refractivity contribution >= 4 is 29.0 Å². The number of nitrogens with zero attached hydrogens (tertiary/aromatic N) is 2. The molecular formula is C23H25N3OS2. The Hall–Kier alpha value is -2.15. The van der Waals surface area contributed by atoms with E-state index in [-0.39, 0.29) is 5.91 Å². The van der Waals surface area contributed by atoms with Crippen LogP contribution in [0.2, 0.25) is 0 Å². The van der Waals surface area contributed by atoms with Crippen molar-refractivity contribution < 1.29 is 4.79 Å². The average Bonchev–Trinajstić information content (AvgIpc) is 3.46. The molecule has 1 aromatic heterocycles. The fraction of sp³-hybridized carbons (Fsp3) is 0.304. The third-order valence-corrected chi connectivity index (χ3v) is 6.88. The number of benzene rings is 2. The molecule has 0 bridgehead atoms. The molecule has 4 nitrogen and oxygen atoms in total. The Balaban J connectivity index is 1.40. The fourth-order valence-electron chi connectivity index (χ4n) is 3.58. The second-order valence-corrected chi connectivity index (χ2v) is 8.94. The van der Waals surface area contributed by atoms with Gasteiger partial charge in [-0.2, -0.15) is 0 Å². The van der Waals surface area contributed by atoms with E-state index < -0.39 is 0 Å². The van der Waals surface area contributed by atoms with Crippen LogP contribution in [0.3, 0.4) is 0 Å². The number of aromatic nitrogens is 1. The van der Waals surface area contributed by atoms with Crippen LogP contribution in [0.25, 0.3) is 0 Å². The van der Waals surface area contributed by atoms with E-state index in [9.17, 15) is 4.79 Å². The van der Waals surface area contributed by atoms with Gasteiger partial charge in [-0.1, -0.05) is 36.4 Å². The van der Waals surface area contributed by atoms with Crippen LogP contribution in [0, 0.1) is 0 Å². The van der Waals surface area contributed by atoms with Crippen LogP contribution in [0.1, 0.15) is 40.0 Å². The molecule has 1 amide bonds. The standard InChI is InChI=1S/C23H25N3OS2/c27-23(21-9-3-4-10-22(21)29-16-20-15-28-17-25-20)24-13-18-7-1-2-8-19(18)14-26-11-5-6-12-26/h1-4,7-10,15,17H,5-6,11-14,16H2,(H,24,27). The summed E-state index contributed by atoms with van der Waals surface area (Å²) in [5, 5.41) is 5.18. The van der Waals surface area contributed by atoms with Crippen LogP contribution in [-0.4, -0.2) is 28.9 Å². The molecule has 0 atom stereocenters. The molecule has 0 saturated carbocycles. The quantitative estimate of drug-likeness (QED) is 0.520. The van der Waals surface area contributed by atoms with Gasteiger partial charge in [0.25, 0.3) is 5.91 Å². The van der Waals surface area contributed by atoms with Crippen LogP contribution in [0.15, 0.2) is 64.3 Å². The van der Waals surface area contributed by atoms with E-state index in [0.29, 0.717) is 6.54 Å². The average molecular weight is 424 g/mol. The summed E-state index contributed by atoms with van der Waals surface area (Å²) in [6.07, 6.45) is 2.57. The lowest BCUT2D eigenvalue weighted by Crippen LogP contribution is -2.25. The minimum absolute atomic E-state index is 0.0256. The van der Waals surface area contributed by atoms with E-state index in [1.165, 1.54) is 37.1 Å². The SMILES string of the molecule is O=C(NCc1ccccc1CN1CCCC1)c1ccccc1SCc1cscn1. The first-order chi connectivity index (χ1) is 14.3. The zero-order chi connectivity index (χ0) is 19.9. The predicted molar refractivity (Wildman–Crippen MR) is 120 cm³/mol. The van der Waals surface area contributed by atoms with Gasteiger partial charge in [-0.05, 0) is 49.2 Å². The third kappa shape index (κ3) is 5.47. The molecule has 1 saturated heterocycles. The maximum Gasteiger partial charge on any atom is 0.252 e. The van der Waals surface area contributed by atoms with Crippen molar-refractivity contribution in [1.29, 1.82) is 0 Å². The minimum atomic E-state index is -0.0256. The Kier molecular flexibility index (Phi) is 6.98. The lowest BCUT2D eigenvalue weighted by molar-refractivity contribution is 0.0948. The summed E-state index contributed by atoms with van der Waals surface area (Å²) < 4.78 is 0. The van der Waals surface area contributed by atoms with E-state index in [2.05, 4.69) is 33.4 Å². The first kappa shape index (κ1) is 20.1. The van der Waals surface area contributed by atoms with Crippen molar-refractivity contribution in [3.05, 3.63) is 81.8 Å². The number of thioether (sulfide) groups is 1. The van der Waals surface area contributed by atoms with Gasteiger partial charge in [-0.3, -0.25) is 9.69 Å². The summed E-state index contributed by atoms with van der Waals surface area (Å²) in [4.78, 5) is 20.7. The maximum atomic E-state index is 12.9. The molecule has 1 N–H and O–H groups in total. The molecule has 0 unspecified atom stereocenters. The van der Waals surface area contributed by atoms with Gasteiger partial charge in [0.1, 0.15) is 0 Å². The maximum absolute atomic E-state index is 12.9. The van der Waals surface area contributed by atoms with Crippen molar-refractivity contribution in [2.45, 2.75) is 36.6 Å². The zero-order valence-electron chi connectivity index (χ0n) is 16.3. The van der Waals surface area contributed by atoms with Crippen molar-refractivity contribution in [2.24, 2.45) is 0 Å². The molecule has 1 aliphatic rings. The number of rotatable bonds is 8. The Labute approximate surface area is 180 Å². The summed E-state index contributed by atoms with van der Waals surface area (Å²) in [6, 6.07) is 16.2. The molecule has 0 radical (unpaired) electrons. The van der Waals surface area contributed by atoms with Gasteiger partial charge >= 0.3 is 0 Å². The van der Waals surface area contributed by atoms with Gasteiger partial charge in [-0.15, -0.1) is 23.1 Å². The normalized spacial score (nSPS) is 14.2. The van der Waals surface area contributed by atoms with E-state index in [1.807, 2.05) is 41.2 Å². The molecule has 0 spiro atoms. The molecule has 1 fully saturated rings. The predicted octanol–water partition coefficient (Wildman–Crippen LogP) is 4.96. The largest absolute Gasteiger partial charge is 0.348 e. The lowest BCUT2D eigenvalue weighted by atomic mass is 10.1. The molecular weight excluding hydrogens is 398 g/mol. The Bertz CT molecular complexity index is 937. The van der Waals surface area contributed by atoms with Gasteiger partial charge in [0.2, 0.25) is 0 Å². The first-order valence-corrected chi connectivity index (χ1v) is 11.9. The van der Waals surface area contributed by atoms with Gasteiger partial charge < -0.3 is 5.32 Å². The molecule has 3 aromatic rings. The summed E-state index contributed by atoms with van der Waals surface area (Å²) in [6.45, 7) is 3.86. The molecule has 4 rings (SSSR count). The Morgan fingerprint density at radius 1 is 1.07 bits per heavy atom. The molecule has 2 heterocycles. The lowest BCUT2D eigenvalue weighted by Gasteiger charge is -2.18. The number of hydrogen-bond acceptors (Lipinski definition) is 5. The number of carbonyl (C=O) groups is 1. The van der Waals surface area contributed by atoms with Crippen LogP contribution in [-0.2, 0) is 18.8 Å². The number of amides is 1. The second-order valence-electron chi connectivity index (χ2n) is 7.20. The number of likely N-dealkylation sites (tertiary alicyclic amines) is 1. The number of hydrogen-bond donors (Lipinski definition) is 1. The zero-order valence-corrected chi connectivity index (χ0v) is 18.0. The van der Waals surface area contributed by atoms with Gasteiger partial charge in [0.05, 0.1) is 16.8 Å². The highest BCUT2D eigenvalue weighted by Crippen LogP contribution is 2.26. The summed E-state index contributed by atoms with van der Waals surface area (Å²) in [7, 11) is 0. The number of nitrogens with one attached hydrogen (secondary N) is 1. The van der Waals surface area contributed by atoms with Crippen LogP contribution >= 0.6 is 23.1 Å². The Morgan fingerprint density at radius 3 is 2.62 bits per heavy atom. The van der Waals surface area contributed by atoms with Crippen molar-refractivity contribution in [2.75, 3.05) is 13.1 Å². The minimum Gasteiger partial charge on any atom is -0.348 e. The Morgan fingerprint density at radius 2 is 1.83 bits per heavy atom.